The van der Waals surface area contributed by atoms with E-state index in [2.05, 4.69) is 20.4 Å². The molecule has 0 unspecified atom stereocenters. The van der Waals surface area contributed by atoms with Gasteiger partial charge >= 0.3 is 0 Å². The van der Waals surface area contributed by atoms with E-state index < -0.39 is 5.91 Å². The summed E-state index contributed by atoms with van der Waals surface area (Å²) in [7, 11) is 3.07. The predicted octanol–water partition coefficient (Wildman–Crippen LogP) is 3.09. The Morgan fingerprint density at radius 3 is 2.64 bits per heavy atom. The quantitative estimate of drug-likeness (QED) is 0.588. The fourth-order valence-corrected chi connectivity index (χ4v) is 3.69. The first-order valence-corrected chi connectivity index (χ1v) is 9.70. The molecular weight excluding hydrogens is 378 g/mol. The summed E-state index contributed by atoms with van der Waals surface area (Å²) in [5.41, 5.74) is 0.609. The van der Waals surface area contributed by atoms with Crippen LogP contribution >= 0.6 is 11.3 Å². The molecule has 1 saturated heterocycles. The number of hydrogen-bond donors (Lipinski definition) is 1. The van der Waals surface area contributed by atoms with Crippen LogP contribution in [0.1, 0.15) is 24.8 Å². The van der Waals surface area contributed by atoms with Crippen molar-refractivity contribution in [1.82, 2.24) is 10.2 Å². The number of methoxy groups -OCH3 is 2. The molecule has 1 aliphatic rings. The zero-order valence-electron chi connectivity index (χ0n) is 15.8. The molecule has 1 aromatic heterocycles. The van der Waals surface area contributed by atoms with Crippen LogP contribution in [0, 0.1) is 11.3 Å². The van der Waals surface area contributed by atoms with Crippen LogP contribution in [0.2, 0.25) is 0 Å². The van der Waals surface area contributed by atoms with Crippen molar-refractivity contribution in [3.63, 3.8) is 0 Å². The second kappa shape index (κ2) is 9.19. The van der Waals surface area contributed by atoms with Crippen LogP contribution in [0.25, 0.3) is 6.08 Å². The van der Waals surface area contributed by atoms with Gasteiger partial charge in [0.1, 0.15) is 11.6 Å². The van der Waals surface area contributed by atoms with Gasteiger partial charge in [0.05, 0.1) is 14.2 Å². The van der Waals surface area contributed by atoms with Crippen LogP contribution < -0.4 is 19.7 Å². The van der Waals surface area contributed by atoms with Gasteiger partial charge in [-0.1, -0.05) is 17.4 Å². The highest BCUT2D eigenvalue weighted by molar-refractivity contribution is 7.19. The minimum atomic E-state index is -0.529. The lowest BCUT2D eigenvalue weighted by molar-refractivity contribution is -0.112. The summed E-state index contributed by atoms with van der Waals surface area (Å²) in [6, 6.07) is 7.08. The fraction of sp³-hybridized carbons (Fsp3) is 0.368. The van der Waals surface area contributed by atoms with Gasteiger partial charge in [-0.3, -0.25) is 10.1 Å². The minimum absolute atomic E-state index is 0.0399. The Kier molecular flexibility index (Phi) is 6.45. The molecule has 2 heterocycles. The van der Waals surface area contributed by atoms with E-state index in [1.54, 1.807) is 25.3 Å². The van der Waals surface area contributed by atoms with Crippen molar-refractivity contribution in [1.29, 1.82) is 5.26 Å². The molecule has 1 aliphatic heterocycles. The molecular formula is C19H21N5O3S. The average molecular weight is 399 g/mol. The van der Waals surface area contributed by atoms with Crippen LogP contribution in [-0.4, -0.2) is 43.4 Å². The van der Waals surface area contributed by atoms with Crippen molar-refractivity contribution < 1.29 is 14.3 Å². The smallest absolute Gasteiger partial charge is 0.268 e. The Morgan fingerprint density at radius 1 is 1.21 bits per heavy atom. The Labute approximate surface area is 167 Å². The number of aromatic nitrogens is 2. The van der Waals surface area contributed by atoms with Gasteiger partial charge in [0.25, 0.3) is 5.91 Å². The van der Waals surface area contributed by atoms with Gasteiger partial charge in [-0.15, -0.1) is 10.2 Å². The lowest BCUT2D eigenvalue weighted by Gasteiger charge is -2.25. The zero-order chi connectivity index (χ0) is 19.9. The summed E-state index contributed by atoms with van der Waals surface area (Å²) in [5.74, 6) is 0.560. The van der Waals surface area contributed by atoms with E-state index in [9.17, 15) is 10.1 Å². The summed E-state index contributed by atoms with van der Waals surface area (Å²) in [5, 5.41) is 21.4. The van der Waals surface area contributed by atoms with Crippen LogP contribution in [0.15, 0.2) is 23.8 Å². The second-order valence-electron chi connectivity index (χ2n) is 6.18. The normalized spacial score (nSPS) is 14.3. The van der Waals surface area contributed by atoms with E-state index in [0.717, 1.165) is 31.1 Å². The maximum atomic E-state index is 12.5. The summed E-state index contributed by atoms with van der Waals surface area (Å²) in [6.45, 7) is 1.90. The summed E-state index contributed by atoms with van der Waals surface area (Å²) in [4.78, 5) is 14.6. The van der Waals surface area contributed by atoms with Crippen molar-refractivity contribution in [2.24, 2.45) is 0 Å². The Morgan fingerprint density at radius 2 is 1.96 bits per heavy atom. The fourth-order valence-electron chi connectivity index (χ4n) is 2.90. The molecule has 0 atom stereocenters. The van der Waals surface area contributed by atoms with Crippen molar-refractivity contribution in [3.8, 4) is 17.6 Å². The summed E-state index contributed by atoms with van der Waals surface area (Å²) < 4.78 is 10.4. The molecule has 2 aromatic rings. The third kappa shape index (κ3) is 4.58. The molecule has 28 heavy (non-hydrogen) atoms. The number of piperidine rings is 1. The highest BCUT2D eigenvalue weighted by atomic mass is 32.1. The minimum Gasteiger partial charge on any atom is -0.493 e. The summed E-state index contributed by atoms with van der Waals surface area (Å²) in [6.07, 6.45) is 4.98. The average Bonchev–Trinajstić information content (AvgIpc) is 3.20. The first-order valence-electron chi connectivity index (χ1n) is 8.88. The van der Waals surface area contributed by atoms with Gasteiger partial charge in [-0.25, -0.2) is 0 Å². The topological polar surface area (TPSA) is 100 Å². The molecule has 0 spiro atoms. The molecule has 0 saturated carbocycles. The van der Waals surface area contributed by atoms with Gasteiger partial charge in [0.2, 0.25) is 10.3 Å². The van der Waals surface area contributed by atoms with Crippen molar-refractivity contribution in [2.75, 3.05) is 37.5 Å². The summed E-state index contributed by atoms with van der Waals surface area (Å²) >= 11 is 1.31. The van der Waals surface area contributed by atoms with E-state index in [1.807, 2.05) is 6.07 Å². The number of nitrogens with zero attached hydrogens (tertiary/aromatic N) is 4. The van der Waals surface area contributed by atoms with Gasteiger partial charge in [0, 0.05) is 13.1 Å². The van der Waals surface area contributed by atoms with Crippen molar-refractivity contribution in [2.45, 2.75) is 19.3 Å². The third-order valence-corrected chi connectivity index (χ3v) is 5.24. The predicted molar refractivity (Wildman–Crippen MR) is 108 cm³/mol. The molecule has 1 aromatic carbocycles. The van der Waals surface area contributed by atoms with E-state index in [0.29, 0.717) is 22.2 Å². The molecule has 3 rings (SSSR count). The SMILES string of the molecule is COc1ccc(/C=C(/C#N)C(=O)Nc2nnc(N3CCCCC3)s2)cc1OC. The maximum Gasteiger partial charge on any atom is 0.268 e. The highest BCUT2D eigenvalue weighted by Gasteiger charge is 2.18. The van der Waals surface area contributed by atoms with Gasteiger partial charge in [-0.05, 0) is 43.0 Å². The first-order chi connectivity index (χ1) is 13.6. The van der Waals surface area contributed by atoms with Crippen LogP contribution in [0.5, 0.6) is 11.5 Å². The van der Waals surface area contributed by atoms with E-state index in [4.69, 9.17) is 9.47 Å². The molecule has 1 amide bonds. The van der Waals surface area contributed by atoms with Crippen LogP contribution in [0.3, 0.4) is 0 Å². The van der Waals surface area contributed by atoms with E-state index >= 15 is 0 Å². The molecule has 0 bridgehead atoms. The number of carbonyl (C=O) groups is 1. The number of ether oxygens (including phenoxy) is 2. The third-order valence-electron chi connectivity index (χ3n) is 4.35. The molecule has 1 N–H and O–H groups in total. The van der Waals surface area contributed by atoms with E-state index in [1.165, 1.54) is 30.9 Å². The lowest BCUT2D eigenvalue weighted by atomic mass is 10.1. The number of carbonyl (C=O) groups excluding carboxylic acids is 1. The molecule has 1 fully saturated rings. The molecule has 9 heteroatoms. The van der Waals surface area contributed by atoms with Gasteiger partial charge in [0.15, 0.2) is 11.5 Å². The Balaban J connectivity index is 1.72. The molecule has 0 aliphatic carbocycles. The number of anilines is 2. The second-order valence-corrected chi connectivity index (χ2v) is 7.13. The van der Waals surface area contributed by atoms with Gasteiger partial charge in [-0.2, -0.15) is 5.26 Å². The van der Waals surface area contributed by atoms with E-state index in [-0.39, 0.29) is 5.57 Å². The van der Waals surface area contributed by atoms with Crippen LogP contribution in [-0.2, 0) is 4.79 Å². The van der Waals surface area contributed by atoms with Gasteiger partial charge < -0.3 is 14.4 Å². The standard InChI is InChI=1S/C19H21N5O3S/c1-26-15-7-6-13(11-16(15)27-2)10-14(12-20)17(25)21-18-22-23-19(28-18)24-8-4-3-5-9-24/h6-7,10-11H,3-5,8-9H2,1-2H3,(H,21,22,25)/b14-10-. The number of amides is 1. The number of nitrogens with one attached hydrogen (secondary N) is 1. The zero-order valence-corrected chi connectivity index (χ0v) is 16.6. The number of hydrogen-bond acceptors (Lipinski definition) is 8. The molecule has 0 radical (unpaired) electrons. The highest BCUT2D eigenvalue weighted by Crippen LogP contribution is 2.29. The Hall–Kier alpha value is -3.12. The van der Waals surface area contributed by atoms with Crippen LogP contribution in [0.4, 0.5) is 10.3 Å². The molecule has 8 nitrogen and oxygen atoms in total. The lowest BCUT2D eigenvalue weighted by Crippen LogP contribution is -2.29. The number of nitriles is 1. The first kappa shape index (κ1) is 19.6. The van der Waals surface area contributed by atoms with Crippen molar-refractivity contribution in [3.05, 3.63) is 29.3 Å². The Bertz CT molecular complexity index is 913. The van der Waals surface area contributed by atoms with Crippen molar-refractivity contribution >= 4 is 33.6 Å². The largest absolute Gasteiger partial charge is 0.493 e. The monoisotopic (exact) mass is 399 g/mol. The number of rotatable bonds is 6. The number of benzene rings is 1. The maximum absolute atomic E-state index is 12.5. The molecule has 146 valence electrons.